The first-order valence-corrected chi connectivity index (χ1v) is 9.62. The van der Waals surface area contributed by atoms with Crippen molar-refractivity contribution in [3.05, 3.63) is 64.1 Å². The SMILES string of the molecule is [B]c1ccc(CCCCCCCCCc2ccc(Br)cc2)cc1. The molecule has 0 spiro atoms. The van der Waals surface area contributed by atoms with Crippen molar-refractivity contribution < 1.29 is 0 Å². The summed E-state index contributed by atoms with van der Waals surface area (Å²) in [6.07, 6.45) is 11.8. The zero-order valence-corrected chi connectivity index (χ0v) is 15.5. The molecular formula is C21H26BBr. The number of benzene rings is 2. The Balaban J connectivity index is 1.43. The fourth-order valence-corrected chi connectivity index (χ4v) is 3.14. The highest BCUT2D eigenvalue weighted by molar-refractivity contribution is 9.10. The van der Waals surface area contributed by atoms with Gasteiger partial charge in [0.15, 0.2) is 0 Å². The third-order valence-electron chi connectivity index (χ3n) is 4.32. The van der Waals surface area contributed by atoms with E-state index in [0.717, 1.165) is 5.46 Å². The summed E-state index contributed by atoms with van der Waals surface area (Å²) in [5, 5.41) is 0. The maximum Gasteiger partial charge on any atom is 0.113 e. The first-order valence-electron chi connectivity index (χ1n) is 8.83. The summed E-state index contributed by atoms with van der Waals surface area (Å²) < 4.78 is 1.17. The quantitative estimate of drug-likeness (QED) is 0.369. The maximum absolute atomic E-state index is 5.70. The minimum atomic E-state index is 0.858. The molecule has 0 bridgehead atoms. The van der Waals surface area contributed by atoms with Crippen molar-refractivity contribution >= 4 is 29.2 Å². The van der Waals surface area contributed by atoms with E-state index in [4.69, 9.17) is 7.85 Å². The second kappa shape index (κ2) is 10.7. The first kappa shape index (κ1) is 18.3. The highest BCUT2D eigenvalue weighted by Crippen LogP contribution is 2.14. The van der Waals surface area contributed by atoms with Gasteiger partial charge in [-0.3, -0.25) is 0 Å². The lowest BCUT2D eigenvalue weighted by molar-refractivity contribution is 0.579. The summed E-state index contributed by atoms with van der Waals surface area (Å²) in [5.41, 5.74) is 3.72. The zero-order chi connectivity index (χ0) is 16.3. The topological polar surface area (TPSA) is 0 Å². The Morgan fingerprint density at radius 1 is 0.565 bits per heavy atom. The van der Waals surface area contributed by atoms with Crippen molar-refractivity contribution in [2.45, 2.75) is 57.8 Å². The molecule has 0 aliphatic carbocycles. The molecule has 0 N–H and O–H groups in total. The highest BCUT2D eigenvalue weighted by atomic mass is 79.9. The molecule has 0 atom stereocenters. The fourth-order valence-electron chi connectivity index (χ4n) is 2.88. The molecule has 120 valence electrons. The van der Waals surface area contributed by atoms with Crippen LogP contribution < -0.4 is 5.46 Å². The van der Waals surface area contributed by atoms with Gasteiger partial charge < -0.3 is 0 Å². The average Bonchev–Trinajstić information content (AvgIpc) is 2.56. The van der Waals surface area contributed by atoms with Gasteiger partial charge in [0.2, 0.25) is 0 Å². The van der Waals surface area contributed by atoms with E-state index in [2.05, 4.69) is 52.3 Å². The van der Waals surface area contributed by atoms with E-state index in [0.29, 0.717) is 0 Å². The van der Waals surface area contributed by atoms with Crippen LogP contribution in [-0.4, -0.2) is 7.85 Å². The minimum Gasteiger partial charge on any atom is -0.0967 e. The van der Waals surface area contributed by atoms with Crippen LogP contribution in [0.25, 0.3) is 0 Å². The molecule has 2 aromatic rings. The Bertz CT molecular complexity index is 494. The third-order valence-corrected chi connectivity index (χ3v) is 4.85. The average molecular weight is 369 g/mol. The van der Waals surface area contributed by atoms with E-state index in [9.17, 15) is 0 Å². The molecule has 0 saturated heterocycles. The monoisotopic (exact) mass is 368 g/mol. The van der Waals surface area contributed by atoms with E-state index < -0.39 is 0 Å². The largest absolute Gasteiger partial charge is 0.113 e. The van der Waals surface area contributed by atoms with Gasteiger partial charge in [-0.2, -0.15) is 0 Å². The molecule has 0 saturated carbocycles. The van der Waals surface area contributed by atoms with Crippen molar-refractivity contribution in [3.8, 4) is 0 Å². The smallest absolute Gasteiger partial charge is 0.0967 e. The molecule has 23 heavy (non-hydrogen) atoms. The predicted octanol–water partition coefficient (Wildman–Crippen LogP) is 5.76. The van der Waals surface area contributed by atoms with Gasteiger partial charge in [-0.25, -0.2) is 0 Å². The number of hydrogen-bond acceptors (Lipinski definition) is 0. The summed E-state index contributed by atoms with van der Waals surface area (Å²) in [6.45, 7) is 0. The number of aryl methyl sites for hydroxylation is 2. The number of halogens is 1. The van der Waals surface area contributed by atoms with Gasteiger partial charge in [-0.05, 0) is 48.9 Å². The summed E-state index contributed by atoms with van der Waals surface area (Å²) in [5.74, 6) is 0. The summed E-state index contributed by atoms with van der Waals surface area (Å²) >= 11 is 3.48. The van der Waals surface area contributed by atoms with Crippen LogP contribution in [-0.2, 0) is 12.8 Å². The predicted molar refractivity (Wildman–Crippen MR) is 106 cm³/mol. The Labute approximate surface area is 151 Å². The van der Waals surface area contributed by atoms with Crippen molar-refractivity contribution in [1.29, 1.82) is 0 Å². The normalized spacial score (nSPS) is 10.8. The van der Waals surface area contributed by atoms with E-state index >= 15 is 0 Å². The molecule has 0 unspecified atom stereocenters. The van der Waals surface area contributed by atoms with Crippen LogP contribution in [0.5, 0.6) is 0 Å². The molecule has 2 heteroatoms. The maximum atomic E-state index is 5.70. The lowest BCUT2D eigenvalue weighted by Crippen LogP contribution is -2.00. The molecule has 0 aliphatic rings. The van der Waals surface area contributed by atoms with Crippen LogP contribution in [0.1, 0.15) is 56.1 Å². The number of rotatable bonds is 10. The molecule has 0 fully saturated rings. The summed E-state index contributed by atoms with van der Waals surface area (Å²) in [4.78, 5) is 0. The highest BCUT2D eigenvalue weighted by Gasteiger charge is 1.96. The van der Waals surface area contributed by atoms with Gasteiger partial charge >= 0.3 is 0 Å². The van der Waals surface area contributed by atoms with Crippen LogP contribution in [0.3, 0.4) is 0 Å². The molecule has 0 heterocycles. The molecule has 0 aromatic heterocycles. The standard InChI is InChI=1S/C21H26BBr/c22-20-14-10-18(11-15-20)8-6-4-2-1-3-5-7-9-19-12-16-21(23)17-13-19/h10-17H,1-9H2. The van der Waals surface area contributed by atoms with Crippen molar-refractivity contribution in [2.75, 3.05) is 0 Å². The molecule has 2 rings (SSSR count). The third kappa shape index (κ3) is 7.88. The molecule has 0 nitrogen and oxygen atoms in total. The van der Waals surface area contributed by atoms with Crippen LogP contribution >= 0.6 is 15.9 Å². The van der Waals surface area contributed by atoms with Gasteiger partial charge in [0.05, 0.1) is 0 Å². The van der Waals surface area contributed by atoms with Gasteiger partial charge in [-0.1, -0.05) is 89.9 Å². The Kier molecular flexibility index (Phi) is 8.53. The van der Waals surface area contributed by atoms with Crippen molar-refractivity contribution in [1.82, 2.24) is 0 Å². The zero-order valence-electron chi connectivity index (χ0n) is 13.9. The van der Waals surface area contributed by atoms with Crippen LogP contribution in [0.2, 0.25) is 0 Å². The van der Waals surface area contributed by atoms with Crippen LogP contribution in [0, 0.1) is 0 Å². The van der Waals surface area contributed by atoms with Gasteiger partial charge in [0.25, 0.3) is 0 Å². The summed E-state index contributed by atoms with van der Waals surface area (Å²) in [7, 11) is 5.70. The fraction of sp³-hybridized carbons (Fsp3) is 0.429. The van der Waals surface area contributed by atoms with Crippen LogP contribution in [0.15, 0.2) is 53.0 Å². The van der Waals surface area contributed by atoms with Crippen molar-refractivity contribution in [3.63, 3.8) is 0 Å². The lowest BCUT2D eigenvalue weighted by Gasteiger charge is -2.04. The molecule has 2 radical (unpaired) electrons. The molecule has 2 aromatic carbocycles. The van der Waals surface area contributed by atoms with E-state index in [1.807, 2.05) is 12.1 Å². The second-order valence-electron chi connectivity index (χ2n) is 6.34. The Morgan fingerprint density at radius 3 is 1.43 bits per heavy atom. The van der Waals surface area contributed by atoms with E-state index in [1.54, 1.807) is 0 Å². The molecule has 0 amide bonds. The number of hydrogen-bond donors (Lipinski definition) is 0. The van der Waals surface area contributed by atoms with E-state index in [-0.39, 0.29) is 0 Å². The first-order chi connectivity index (χ1) is 11.2. The van der Waals surface area contributed by atoms with Gasteiger partial charge in [0.1, 0.15) is 7.85 Å². The van der Waals surface area contributed by atoms with E-state index in [1.165, 1.54) is 73.4 Å². The second-order valence-corrected chi connectivity index (χ2v) is 7.26. The van der Waals surface area contributed by atoms with Crippen molar-refractivity contribution in [2.24, 2.45) is 0 Å². The molecular weight excluding hydrogens is 343 g/mol. The minimum absolute atomic E-state index is 0.858. The Hall–Kier alpha value is -1.02. The summed E-state index contributed by atoms with van der Waals surface area (Å²) in [6, 6.07) is 17.0. The number of unbranched alkanes of at least 4 members (excludes halogenated alkanes) is 6. The molecule has 0 aliphatic heterocycles. The lowest BCUT2D eigenvalue weighted by atomic mass is 9.94. The van der Waals surface area contributed by atoms with Crippen LogP contribution in [0.4, 0.5) is 0 Å². The Morgan fingerprint density at radius 2 is 0.957 bits per heavy atom. The van der Waals surface area contributed by atoms with Gasteiger partial charge in [-0.15, -0.1) is 0 Å². The van der Waals surface area contributed by atoms with Gasteiger partial charge in [0, 0.05) is 4.47 Å².